The number of rotatable bonds is 5. The summed E-state index contributed by atoms with van der Waals surface area (Å²) >= 11 is 0. The number of aryl methyl sites for hydroxylation is 4. The molecule has 306 valence electrons. The number of benzene rings is 8. The van der Waals surface area contributed by atoms with Crippen molar-refractivity contribution >= 4 is 43.6 Å². The zero-order chi connectivity index (χ0) is 43.2. The highest BCUT2D eigenvalue weighted by Crippen LogP contribution is 2.47. The summed E-state index contributed by atoms with van der Waals surface area (Å²) in [6.45, 7) is 8.14. The minimum atomic E-state index is -4.82. The highest BCUT2D eigenvalue weighted by molar-refractivity contribution is 6.13. The molecule has 2 nitrogen and oxygen atoms in total. The number of fused-ring (bicyclic) bond motifs is 6. The minimum Gasteiger partial charge on any atom is -0.309 e. The molecule has 0 unspecified atom stereocenters. The zero-order valence-electron chi connectivity index (χ0n) is 34.2. The van der Waals surface area contributed by atoms with E-state index in [-0.39, 0.29) is 22.5 Å². The van der Waals surface area contributed by atoms with E-state index in [1.165, 1.54) is 6.07 Å². The van der Waals surface area contributed by atoms with Gasteiger partial charge in [0, 0.05) is 27.1 Å². The smallest absolute Gasteiger partial charge is 0.309 e. The predicted octanol–water partition coefficient (Wildman–Crippen LogP) is 16.2. The number of alkyl halides is 6. The third-order valence-corrected chi connectivity index (χ3v) is 12.1. The van der Waals surface area contributed by atoms with Gasteiger partial charge in [0.05, 0.1) is 44.6 Å². The Labute approximate surface area is 353 Å². The first-order valence-electron chi connectivity index (χ1n) is 20.3. The van der Waals surface area contributed by atoms with Crippen LogP contribution in [0.3, 0.4) is 0 Å². The molecule has 0 aliphatic heterocycles. The lowest BCUT2D eigenvalue weighted by Crippen LogP contribution is -2.11. The highest BCUT2D eigenvalue weighted by Gasteiger charge is 2.35. The molecule has 2 aromatic heterocycles. The first-order chi connectivity index (χ1) is 29.7. The molecular formula is C54H38F6N2. The van der Waals surface area contributed by atoms with Crippen LogP contribution in [-0.4, -0.2) is 9.13 Å². The maximum Gasteiger partial charge on any atom is 0.416 e. The van der Waals surface area contributed by atoms with Crippen LogP contribution in [0.15, 0.2) is 158 Å². The number of hydrogen-bond donors (Lipinski definition) is 0. The molecule has 10 aromatic rings. The van der Waals surface area contributed by atoms with E-state index in [1.807, 2.05) is 125 Å². The molecule has 2 heterocycles. The summed E-state index contributed by atoms with van der Waals surface area (Å²) in [5.41, 5.74) is 9.43. The number of aromatic nitrogens is 2. The fourth-order valence-electron chi connectivity index (χ4n) is 9.35. The Hall–Kier alpha value is -7.06. The molecule has 0 aliphatic rings. The van der Waals surface area contributed by atoms with Crippen LogP contribution < -0.4 is 0 Å². The Morgan fingerprint density at radius 2 is 0.806 bits per heavy atom. The van der Waals surface area contributed by atoms with Crippen LogP contribution in [0, 0.1) is 27.7 Å². The number of nitrogens with zero attached hydrogens (tertiary/aromatic N) is 2. The molecule has 0 aliphatic carbocycles. The molecule has 0 N–H and O–H groups in total. The zero-order valence-corrected chi connectivity index (χ0v) is 34.2. The van der Waals surface area contributed by atoms with E-state index in [0.29, 0.717) is 22.1 Å². The Kier molecular flexibility index (Phi) is 9.00. The molecular weight excluding hydrogens is 791 g/mol. The quantitative estimate of drug-likeness (QED) is 0.153. The third-order valence-electron chi connectivity index (χ3n) is 12.1. The van der Waals surface area contributed by atoms with Crippen LogP contribution in [0.1, 0.15) is 33.4 Å². The lowest BCUT2D eigenvalue weighted by atomic mass is 9.95. The fourth-order valence-corrected chi connectivity index (χ4v) is 9.35. The Morgan fingerprint density at radius 1 is 0.355 bits per heavy atom. The number of para-hydroxylation sites is 2. The number of hydrogen-bond acceptors (Lipinski definition) is 0. The maximum absolute atomic E-state index is 15.5. The summed E-state index contributed by atoms with van der Waals surface area (Å²) in [7, 11) is 0. The first kappa shape index (κ1) is 39.1. The summed E-state index contributed by atoms with van der Waals surface area (Å²) in [6, 6.07) is 46.2. The SMILES string of the molecule is Cc1ccc(-c2ccc3c(c2)c2ccccc2n3-c2cc(C(F)(F)F)cc(-n3c4ccccc4c4cc(-c5ccc(C)cc5C)ccc43)c2-c2cccc(C(F)(F)F)c2)c(C)c1. The molecule has 8 heteroatoms. The fraction of sp³-hybridized carbons (Fsp3) is 0.111. The first-order valence-corrected chi connectivity index (χ1v) is 20.3. The second kappa shape index (κ2) is 14.3. The Bertz CT molecular complexity index is 3240. The van der Waals surface area contributed by atoms with Crippen molar-refractivity contribution in [2.75, 3.05) is 0 Å². The average molecular weight is 829 g/mol. The molecule has 0 radical (unpaired) electrons. The van der Waals surface area contributed by atoms with Gasteiger partial charge >= 0.3 is 12.4 Å². The van der Waals surface area contributed by atoms with Crippen LogP contribution in [0.5, 0.6) is 0 Å². The molecule has 0 saturated heterocycles. The second-order valence-electron chi connectivity index (χ2n) is 16.3. The van der Waals surface area contributed by atoms with Crippen molar-refractivity contribution in [3.63, 3.8) is 0 Å². The standard InChI is InChI=1S/C54H38F6N2/c1-31-16-20-40(33(3)24-31)35-18-22-48-44(27-35)42-12-5-7-14-46(42)61(48)50-29-39(54(58,59)60)30-51(52(50)37-10-9-11-38(26-37)53(55,56)57)62-47-15-8-6-13-43(47)45-28-36(19-23-49(45)62)41-21-17-32(2)25-34(41)4/h5-30H,1-4H3. The van der Waals surface area contributed by atoms with Crippen LogP contribution in [0.25, 0.3) is 88.4 Å². The van der Waals surface area contributed by atoms with Crippen LogP contribution in [-0.2, 0) is 12.4 Å². The van der Waals surface area contributed by atoms with E-state index in [4.69, 9.17) is 0 Å². The topological polar surface area (TPSA) is 9.86 Å². The van der Waals surface area contributed by atoms with Gasteiger partial charge in [0.1, 0.15) is 0 Å². The van der Waals surface area contributed by atoms with Crippen LogP contribution in [0.4, 0.5) is 26.3 Å². The average Bonchev–Trinajstić information content (AvgIpc) is 3.75. The largest absolute Gasteiger partial charge is 0.416 e. The van der Waals surface area contributed by atoms with Gasteiger partial charge in [0.15, 0.2) is 0 Å². The van der Waals surface area contributed by atoms with Crippen molar-refractivity contribution in [1.29, 1.82) is 0 Å². The molecule has 0 spiro atoms. The van der Waals surface area contributed by atoms with Gasteiger partial charge in [-0.2, -0.15) is 26.3 Å². The summed E-state index contributed by atoms with van der Waals surface area (Å²) < 4.78 is 93.8. The third kappa shape index (κ3) is 6.44. The predicted molar refractivity (Wildman–Crippen MR) is 240 cm³/mol. The van der Waals surface area contributed by atoms with E-state index >= 15 is 13.2 Å². The molecule has 0 saturated carbocycles. The van der Waals surface area contributed by atoms with E-state index in [2.05, 4.69) is 24.3 Å². The molecule has 0 fully saturated rings. The molecule has 62 heavy (non-hydrogen) atoms. The van der Waals surface area contributed by atoms with E-state index in [1.54, 1.807) is 15.2 Å². The van der Waals surface area contributed by atoms with Crippen molar-refractivity contribution in [2.45, 2.75) is 40.0 Å². The summed E-state index contributed by atoms with van der Waals surface area (Å²) in [4.78, 5) is 0. The molecule has 0 atom stereocenters. The maximum atomic E-state index is 15.5. The molecule has 0 bridgehead atoms. The van der Waals surface area contributed by atoms with E-state index in [0.717, 1.165) is 90.3 Å². The van der Waals surface area contributed by atoms with Gasteiger partial charge in [0.2, 0.25) is 0 Å². The van der Waals surface area contributed by atoms with Crippen molar-refractivity contribution < 1.29 is 26.3 Å². The van der Waals surface area contributed by atoms with E-state index < -0.39 is 23.5 Å². The van der Waals surface area contributed by atoms with Crippen LogP contribution >= 0.6 is 0 Å². The van der Waals surface area contributed by atoms with Gasteiger partial charge in [-0.05, 0) is 127 Å². The minimum absolute atomic E-state index is 0.0949. The van der Waals surface area contributed by atoms with Gasteiger partial charge < -0.3 is 9.13 Å². The summed E-state index contributed by atoms with van der Waals surface area (Å²) in [5.74, 6) is 0. The summed E-state index contributed by atoms with van der Waals surface area (Å²) in [5, 5.41) is 3.17. The van der Waals surface area contributed by atoms with Crippen molar-refractivity contribution in [3.8, 4) is 44.8 Å². The highest BCUT2D eigenvalue weighted by atomic mass is 19.4. The van der Waals surface area contributed by atoms with E-state index in [9.17, 15) is 13.2 Å². The Morgan fingerprint density at radius 3 is 1.26 bits per heavy atom. The van der Waals surface area contributed by atoms with Crippen LogP contribution in [0.2, 0.25) is 0 Å². The Balaban J connectivity index is 1.35. The van der Waals surface area contributed by atoms with Gasteiger partial charge in [-0.25, -0.2) is 0 Å². The van der Waals surface area contributed by atoms with Crippen molar-refractivity contribution in [1.82, 2.24) is 9.13 Å². The monoisotopic (exact) mass is 828 g/mol. The van der Waals surface area contributed by atoms with Gasteiger partial charge in [-0.1, -0.05) is 108 Å². The van der Waals surface area contributed by atoms with Gasteiger partial charge in [-0.3, -0.25) is 0 Å². The van der Waals surface area contributed by atoms with Crippen molar-refractivity contribution in [3.05, 3.63) is 191 Å². The number of halogens is 6. The lowest BCUT2D eigenvalue weighted by molar-refractivity contribution is -0.138. The second-order valence-corrected chi connectivity index (χ2v) is 16.3. The van der Waals surface area contributed by atoms with Gasteiger partial charge in [0.25, 0.3) is 0 Å². The molecule has 8 aromatic carbocycles. The normalized spacial score (nSPS) is 12.4. The van der Waals surface area contributed by atoms with Crippen molar-refractivity contribution in [2.24, 2.45) is 0 Å². The molecule has 0 amide bonds. The van der Waals surface area contributed by atoms with Gasteiger partial charge in [-0.15, -0.1) is 0 Å². The summed E-state index contributed by atoms with van der Waals surface area (Å²) in [6.07, 6.45) is -9.53. The molecule has 10 rings (SSSR count). The lowest BCUT2D eigenvalue weighted by Gasteiger charge is -2.23.